The molecular weight excluding hydrogens is 311 g/mol. The van der Waals surface area contributed by atoms with Crippen molar-refractivity contribution in [2.24, 2.45) is 0 Å². The van der Waals surface area contributed by atoms with Gasteiger partial charge in [-0.3, -0.25) is 24.7 Å². The Kier molecular flexibility index (Phi) is 6.70. The normalized spacial score (nSPS) is 14.9. The number of hydrogen-bond donors (Lipinski definition) is 4. The molecule has 2 unspecified atom stereocenters. The zero-order chi connectivity index (χ0) is 16.8. The molecule has 0 radical (unpaired) electrons. The lowest BCUT2D eigenvalue weighted by molar-refractivity contribution is -0.169. The molecule has 0 aromatic heterocycles. The molecule has 0 heterocycles. The van der Waals surface area contributed by atoms with Crippen LogP contribution in [0.2, 0.25) is 0 Å². The summed E-state index contributed by atoms with van der Waals surface area (Å²) in [6.45, 7) is 0.765. The van der Waals surface area contributed by atoms with Crippen LogP contribution in [0.15, 0.2) is 30.3 Å². The molecule has 1 aromatic carbocycles. The highest BCUT2D eigenvalue weighted by Gasteiger charge is 2.27. The largest absolute Gasteiger partial charge is 0.481 e. The van der Waals surface area contributed by atoms with Crippen molar-refractivity contribution in [3.05, 3.63) is 35.9 Å². The Bertz CT molecular complexity index is 559. The van der Waals surface area contributed by atoms with Gasteiger partial charge in [0.15, 0.2) is 0 Å². The number of carbonyl (C=O) groups excluding carboxylic acids is 1. The van der Waals surface area contributed by atoms with Gasteiger partial charge in [-0.1, -0.05) is 30.3 Å². The van der Waals surface area contributed by atoms with Crippen molar-refractivity contribution >= 4 is 19.2 Å². The second kappa shape index (κ2) is 8.05. The number of aliphatic carboxylic acids is 1. The second-order valence-electron chi connectivity index (χ2n) is 4.92. The van der Waals surface area contributed by atoms with Gasteiger partial charge in [0.1, 0.15) is 0 Å². The lowest BCUT2D eigenvalue weighted by Gasteiger charge is -2.22. The highest BCUT2D eigenvalue weighted by atomic mass is 31.2. The van der Waals surface area contributed by atoms with E-state index >= 15 is 0 Å². The van der Waals surface area contributed by atoms with Gasteiger partial charge >= 0.3 is 5.97 Å². The van der Waals surface area contributed by atoms with E-state index in [-0.39, 0.29) is 13.0 Å². The van der Waals surface area contributed by atoms with Crippen LogP contribution in [0, 0.1) is 0 Å². The van der Waals surface area contributed by atoms with Crippen LogP contribution in [0.1, 0.15) is 17.9 Å². The predicted octanol–water partition coefficient (Wildman–Crippen LogP) is 0.867. The van der Waals surface area contributed by atoms with Crippen LogP contribution in [0.5, 0.6) is 0 Å². The van der Waals surface area contributed by atoms with Gasteiger partial charge in [0.2, 0.25) is 7.37 Å². The van der Waals surface area contributed by atoms with E-state index in [4.69, 9.17) is 10.00 Å². The molecule has 1 aromatic rings. The maximum atomic E-state index is 12.2. The van der Waals surface area contributed by atoms with Crippen LogP contribution in [-0.4, -0.2) is 51.8 Å². The Hall–Kier alpha value is -1.73. The molecule has 22 heavy (non-hydrogen) atoms. The minimum Gasteiger partial charge on any atom is -0.481 e. The SMILES string of the molecule is CP(=O)(O)CNCN(O)C(=O)C(CC(=O)O)c1ccccc1. The molecule has 8 nitrogen and oxygen atoms in total. The van der Waals surface area contributed by atoms with Crippen LogP contribution < -0.4 is 5.32 Å². The molecule has 9 heteroatoms. The van der Waals surface area contributed by atoms with Crippen molar-refractivity contribution in [1.82, 2.24) is 10.4 Å². The van der Waals surface area contributed by atoms with Gasteiger partial charge in [0.25, 0.3) is 5.91 Å². The third-order valence-electron chi connectivity index (χ3n) is 2.80. The fourth-order valence-electron chi connectivity index (χ4n) is 1.83. The molecule has 0 aliphatic carbocycles. The highest BCUT2D eigenvalue weighted by molar-refractivity contribution is 7.57. The van der Waals surface area contributed by atoms with Crippen molar-refractivity contribution in [2.75, 3.05) is 19.6 Å². The number of nitrogens with one attached hydrogen (secondary N) is 1. The van der Waals surface area contributed by atoms with Crippen LogP contribution in [0.25, 0.3) is 0 Å². The topological polar surface area (TPSA) is 127 Å². The number of hydroxylamine groups is 2. The molecule has 0 bridgehead atoms. The zero-order valence-corrected chi connectivity index (χ0v) is 12.9. The molecular formula is C13H19N2O6P. The molecule has 2 atom stereocenters. The summed E-state index contributed by atoms with van der Waals surface area (Å²) in [5.74, 6) is -3.00. The van der Waals surface area contributed by atoms with Gasteiger partial charge < -0.3 is 10.00 Å². The van der Waals surface area contributed by atoms with E-state index in [2.05, 4.69) is 5.32 Å². The summed E-state index contributed by atoms with van der Waals surface area (Å²) in [6, 6.07) is 8.25. The van der Waals surface area contributed by atoms with Crippen molar-refractivity contribution in [3.63, 3.8) is 0 Å². The van der Waals surface area contributed by atoms with Crippen LogP contribution in [-0.2, 0) is 14.2 Å². The molecule has 0 aliphatic heterocycles. The van der Waals surface area contributed by atoms with E-state index in [1.165, 1.54) is 0 Å². The number of carboxylic acid groups (broad SMARTS) is 1. The first kappa shape index (κ1) is 18.3. The van der Waals surface area contributed by atoms with E-state index in [1.807, 2.05) is 0 Å². The fourth-order valence-corrected chi connectivity index (χ4v) is 2.34. The number of rotatable bonds is 8. The lowest BCUT2D eigenvalue weighted by atomic mass is 9.95. The van der Waals surface area contributed by atoms with Crippen LogP contribution in [0.4, 0.5) is 0 Å². The number of nitrogens with zero attached hydrogens (tertiary/aromatic N) is 1. The Labute approximate surface area is 127 Å². The monoisotopic (exact) mass is 330 g/mol. The quantitative estimate of drug-likeness (QED) is 0.241. The summed E-state index contributed by atoms with van der Waals surface area (Å²) < 4.78 is 11.1. The van der Waals surface area contributed by atoms with Crippen molar-refractivity contribution in [1.29, 1.82) is 0 Å². The molecule has 0 saturated carbocycles. The second-order valence-corrected chi connectivity index (χ2v) is 7.33. The van der Waals surface area contributed by atoms with Gasteiger partial charge in [0.05, 0.1) is 25.3 Å². The third kappa shape index (κ3) is 6.36. The lowest BCUT2D eigenvalue weighted by Crippen LogP contribution is -2.40. The Balaban J connectivity index is 2.75. The summed E-state index contributed by atoms with van der Waals surface area (Å²) in [5, 5.41) is 21.4. The van der Waals surface area contributed by atoms with E-state index in [0.717, 1.165) is 6.66 Å². The van der Waals surface area contributed by atoms with E-state index < -0.39 is 31.6 Å². The fraction of sp³-hybridized carbons (Fsp3) is 0.385. The highest BCUT2D eigenvalue weighted by Crippen LogP contribution is 2.32. The molecule has 1 rings (SSSR count). The molecule has 0 aliphatic rings. The van der Waals surface area contributed by atoms with Crippen LogP contribution in [0.3, 0.4) is 0 Å². The average molecular weight is 330 g/mol. The smallest absolute Gasteiger partial charge is 0.304 e. The van der Waals surface area contributed by atoms with Crippen LogP contribution >= 0.6 is 7.37 Å². The first-order valence-corrected chi connectivity index (χ1v) is 8.77. The average Bonchev–Trinajstić information content (AvgIpc) is 2.43. The number of carbonyl (C=O) groups is 2. The zero-order valence-electron chi connectivity index (χ0n) is 12.0. The Morgan fingerprint density at radius 2 is 1.91 bits per heavy atom. The van der Waals surface area contributed by atoms with Gasteiger partial charge in [-0.15, -0.1) is 0 Å². The molecule has 0 fully saturated rings. The number of amides is 1. The minimum absolute atomic E-state index is 0.272. The van der Waals surface area contributed by atoms with Crippen molar-refractivity contribution in [2.45, 2.75) is 12.3 Å². The van der Waals surface area contributed by atoms with Gasteiger partial charge in [-0.2, -0.15) is 0 Å². The summed E-state index contributed by atoms with van der Waals surface area (Å²) >= 11 is 0. The minimum atomic E-state index is -3.31. The van der Waals surface area contributed by atoms with Crippen molar-refractivity contribution in [3.8, 4) is 0 Å². The standard InChI is InChI=1S/C13H19N2O6P/c1-22(20,21)9-14-8-15(19)13(18)11(7-12(16)17)10-5-3-2-4-6-10/h2-6,11,14,19H,7-9H2,1H3,(H,16,17)(H,20,21). The van der Waals surface area contributed by atoms with E-state index in [9.17, 15) is 19.4 Å². The summed E-state index contributed by atoms with van der Waals surface area (Å²) in [6.07, 6.45) is -0.738. The molecule has 4 N–H and O–H groups in total. The Morgan fingerprint density at radius 1 is 1.32 bits per heavy atom. The number of benzene rings is 1. The molecule has 122 valence electrons. The summed E-state index contributed by atoms with van der Waals surface area (Å²) in [7, 11) is -3.31. The number of hydrogen-bond acceptors (Lipinski definition) is 5. The maximum Gasteiger partial charge on any atom is 0.304 e. The molecule has 0 spiro atoms. The van der Waals surface area contributed by atoms with Gasteiger partial charge in [-0.05, 0) is 5.56 Å². The predicted molar refractivity (Wildman–Crippen MR) is 78.7 cm³/mol. The van der Waals surface area contributed by atoms with E-state index in [0.29, 0.717) is 10.6 Å². The molecule has 1 amide bonds. The van der Waals surface area contributed by atoms with Gasteiger partial charge in [0, 0.05) is 6.66 Å². The molecule has 0 saturated heterocycles. The Morgan fingerprint density at radius 3 is 2.41 bits per heavy atom. The first-order valence-electron chi connectivity index (χ1n) is 6.47. The van der Waals surface area contributed by atoms with Crippen molar-refractivity contribution < 1.29 is 29.4 Å². The summed E-state index contributed by atoms with van der Waals surface area (Å²) in [4.78, 5) is 32.2. The van der Waals surface area contributed by atoms with E-state index in [1.54, 1.807) is 30.3 Å². The first-order chi connectivity index (χ1) is 10.2. The summed E-state index contributed by atoms with van der Waals surface area (Å²) in [5.41, 5.74) is 0.470. The maximum absolute atomic E-state index is 12.2. The van der Waals surface area contributed by atoms with Gasteiger partial charge in [-0.25, -0.2) is 5.06 Å². The number of carboxylic acids is 1. The third-order valence-corrected chi connectivity index (χ3v) is 3.61.